The summed E-state index contributed by atoms with van der Waals surface area (Å²) in [5.41, 5.74) is -1.05. The van der Waals surface area contributed by atoms with Crippen LogP contribution in [0.4, 0.5) is 26.3 Å². The summed E-state index contributed by atoms with van der Waals surface area (Å²) in [6.45, 7) is 0. The Morgan fingerprint density at radius 1 is 0.558 bits per heavy atom. The maximum absolute atomic E-state index is 12.7. The lowest BCUT2D eigenvalue weighted by Gasteiger charge is -2.07. The molecule has 4 aromatic heterocycles. The van der Waals surface area contributed by atoms with E-state index >= 15 is 0 Å². The van der Waals surface area contributed by atoms with Crippen molar-refractivity contribution in [3.05, 3.63) is 107 Å². The fourth-order valence-electron chi connectivity index (χ4n) is 3.80. The van der Waals surface area contributed by atoms with Crippen LogP contribution in [0, 0.1) is 0 Å². The van der Waals surface area contributed by atoms with Gasteiger partial charge in [-0.15, -0.1) is 12.4 Å². The summed E-state index contributed by atoms with van der Waals surface area (Å²) >= 11 is 12.1. The second-order valence-corrected chi connectivity index (χ2v) is 9.49. The Morgan fingerprint density at radius 2 is 0.907 bits per heavy atom. The predicted molar refractivity (Wildman–Crippen MR) is 152 cm³/mol. The van der Waals surface area contributed by atoms with Crippen molar-refractivity contribution in [1.82, 2.24) is 19.9 Å². The number of alkyl halides is 6. The molecule has 0 spiro atoms. The van der Waals surface area contributed by atoms with Crippen LogP contribution in [0.3, 0.4) is 0 Å². The maximum Gasteiger partial charge on any atom is 0.431 e. The summed E-state index contributed by atoms with van der Waals surface area (Å²) in [6, 6.07) is 14.3. The molecule has 15 heteroatoms. The van der Waals surface area contributed by atoms with Crippen LogP contribution in [-0.2, 0) is 12.4 Å². The number of hydrogen-bond acceptors (Lipinski definition) is 4. The minimum Gasteiger partial charge on any atom is -0.456 e. The van der Waals surface area contributed by atoms with E-state index in [1.54, 1.807) is 49.1 Å². The van der Waals surface area contributed by atoms with Gasteiger partial charge >= 0.3 is 12.4 Å². The van der Waals surface area contributed by atoms with Gasteiger partial charge in [0.05, 0.1) is 10.0 Å². The molecule has 0 aliphatic heterocycles. The van der Waals surface area contributed by atoms with Crippen LogP contribution in [0.25, 0.3) is 21.8 Å². The summed E-state index contributed by atoms with van der Waals surface area (Å²) in [5, 5.41) is 1.18. The lowest BCUT2D eigenvalue weighted by Crippen LogP contribution is -2.04. The number of hydrogen-bond donors (Lipinski definition) is 2. The van der Waals surface area contributed by atoms with Gasteiger partial charge < -0.3 is 19.4 Å². The Kier molecular flexibility index (Phi) is 9.33. The van der Waals surface area contributed by atoms with Crippen LogP contribution in [0.15, 0.2) is 85.5 Å². The van der Waals surface area contributed by atoms with Gasteiger partial charge in [-0.2, -0.15) is 26.3 Å². The molecule has 0 aliphatic carbocycles. The third-order valence-corrected chi connectivity index (χ3v) is 6.30. The van der Waals surface area contributed by atoms with Gasteiger partial charge in [-0.1, -0.05) is 23.2 Å². The van der Waals surface area contributed by atoms with Gasteiger partial charge in [0.25, 0.3) is 0 Å². The molecule has 4 heterocycles. The van der Waals surface area contributed by atoms with E-state index in [2.05, 4.69) is 19.9 Å². The van der Waals surface area contributed by atoms with Crippen LogP contribution in [0.2, 0.25) is 10.0 Å². The van der Waals surface area contributed by atoms with E-state index < -0.39 is 23.7 Å². The molecule has 0 bridgehead atoms. The van der Waals surface area contributed by atoms with E-state index in [1.165, 1.54) is 24.3 Å². The number of nitrogens with zero attached hydrogens (tertiary/aromatic N) is 2. The Morgan fingerprint density at radius 3 is 1.23 bits per heavy atom. The van der Waals surface area contributed by atoms with Crippen molar-refractivity contribution in [2.45, 2.75) is 12.4 Å². The Balaban J connectivity index is 0.000000192. The standard InChI is InChI=1S/2C14H8ClF3N2O.ClH/c2*15-10-7-11-8(6-13(20-11)14(16,17)18)5-12(10)21-9-1-3-19-4-2-9;/h2*1-7,20H;1H. The quantitative estimate of drug-likeness (QED) is 0.184. The largest absolute Gasteiger partial charge is 0.456 e. The van der Waals surface area contributed by atoms with Crippen molar-refractivity contribution < 1.29 is 35.8 Å². The molecule has 0 radical (unpaired) electrons. The average molecular weight is 662 g/mol. The number of halogens is 9. The highest BCUT2D eigenvalue weighted by molar-refractivity contribution is 6.33. The van der Waals surface area contributed by atoms with Gasteiger partial charge in [0.2, 0.25) is 0 Å². The molecule has 0 saturated carbocycles. The first-order chi connectivity index (χ1) is 19.9. The molecule has 0 atom stereocenters. The molecule has 43 heavy (non-hydrogen) atoms. The number of ether oxygens (including phenoxy) is 2. The van der Waals surface area contributed by atoms with E-state index in [1.807, 2.05) is 0 Å². The SMILES string of the molecule is Cl.FC(F)(F)c1cc2cc(Oc3ccncc3)c(Cl)cc2[nH]1.FC(F)(F)c1cc2cc(Oc3ccncc3)c(Cl)cc2[nH]1. The molecular weight excluding hydrogens is 645 g/mol. The Labute approximate surface area is 255 Å². The van der Waals surface area contributed by atoms with Crippen molar-refractivity contribution in [1.29, 1.82) is 0 Å². The summed E-state index contributed by atoms with van der Waals surface area (Å²) in [7, 11) is 0. The molecule has 224 valence electrons. The summed E-state index contributed by atoms with van der Waals surface area (Å²) in [6.07, 6.45) is -2.70. The summed E-state index contributed by atoms with van der Waals surface area (Å²) in [5.74, 6) is 1.56. The first-order valence-electron chi connectivity index (χ1n) is 11.8. The fraction of sp³-hybridized carbons (Fsp3) is 0.0714. The highest BCUT2D eigenvalue weighted by Gasteiger charge is 2.33. The van der Waals surface area contributed by atoms with E-state index in [0.29, 0.717) is 33.3 Å². The minimum atomic E-state index is -4.43. The number of aromatic amines is 2. The molecule has 6 nitrogen and oxygen atoms in total. The zero-order valence-electron chi connectivity index (χ0n) is 21.2. The van der Waals surface area contributed by atoms with Crippen LogP contribution in [-0.4, -0.2) is 19.9 Å². The maximum atomic E-state index is 12.7. The van der Waals surface area contributed by atoms with Crippen molar-refractivity contribution in [2.24, 2.45) is 0 Å². The second kappa shape index (κ2) is 12.6. The van der Waals surface area contributed by atoms with Gasteiger partial charge in [-0.25, -0.2) is 0 Å². The highest BCUT2D eigenvalue weighted by atomic mass is 35.5. The van der Waals surface area contributed by atoms with Gasteiger partial charge in [-0.05, 0) is 60.7 Å². The third kappa shape index (κ3) is 7.64. The van der Waals surface area contributed by atoms with E-state index in [9.17, 15) is 26.3 Å². The van der Waals surface area contributed by atoms with Gasteiger partial charge in [0.15, 0.2) is 0 Å². The smallest absolute Gasteiger partial charge is 0.431 e. The predicted octanol–water partition coefficient (Wildman–Crippen LogP) is 10.5. The molecule has 0 aliphatic rings. The molecule has 6 aromatic rings. The molecule has 0 saturated heterocycles. The van der Waals surface area contributed by atoms with Crippen molar-refractivity contribution in [3.63, 3.8) is 0 Å². The molecule has 2 aromatic carbocycles. The van der Waals surface area contributed by atoms with Crippen molar-refractivity contribution in [3.8, 4) is 23.0 Å². The highest BCUT2D eigenvalue weighted by Crippen LogP contribution is 2.38. The van der Waals surface area contributed by atoms with E-state index in [4.69, 9.17) is 32.7 Å². The molecule has 0 unspecified atom stereocenters. The molecule has 0 fully saturated rings. The number of pyridine rings is 2. The lowest BCUT2D eigenvalue weighted by molar-refractivity contribution is -0.141. The number of benzene rings is 2. The van der Waals surface area contributed by atoms with Crippen molar-refractivity contribution >= 4 is 57.4 Å². The van der Waals surface area contributed by atoms with Gasteiger partial charge in [0, 0.05) is 46.6 Å². The van der Waals surface area contributed by atoms with E-state index in [-0.39, 0.29) is 34.0 Å². The molecule has 2 N–H and O–H groups in total. The van der Waals surface area contributed by atoms with Crippen LogP contribution >= 0.6 is 35.6 Å². The minimum absolute atomic E-state index is 0. The zero-order valence-corrected chi connectivity index (χ0v) is 23.6. The topological polar surface area (TPSA) is 75.8 Å². The van der Waals surface area contributed by atoms with Crippen LogP contribution in [0.5, 0.6) is 23.0 Å². The number of rotatable bonds is 4. The Hall–Kier alpha value is -4.13. The first-order valence-corrected chi connectivity index (χ1v) is 12.6. The van der Waals surface area contributed by atoms with Crippen LogP contribution in [0.1, 0.15) is 11.4 Å². The number of fused-ring (bicyclic) bond motifs is 2. The fourth-order valence-corrected chi connectivity index (χ4v) is 4.20. The Bertz CT molecular complexity index is 1710. The monoisotopic (exact) mass is 660 g/mol. The second-order valence-electron chi connectivity index (χ2n) is 8.67. The summed E-state index contributed by atoms with van der Waals surface area (Å²) in [4.78, 5) is 12.3. The van der Waals surface area contributed by atoms with Crippen molar-refractivity contribution in [2.75, 3.05) is 0 Å². The normalized spacial score (nSPS) is 11.5. The number of aromatic nitrogens is 4. The van der Waals surface area contributed by atoms with Gasteiger partial charge in [0.1, 0.15) is 34.4 Å². The number of H-pyrrole nitrogens is 2. The first kappa shape index (κ1) is 31.8. The average Bonchev–Trinajstić information content (AvgIpc) is 3.55. The molecular formula is C28H17Cl3F6N4O2. The van der Waals surface area contributed by atoms with Gasteiger partial charge in [-0.3, -0.25) is 9.97 Å². The van der Waals surface area contributed by atoms with Crippen LogP contribution < -0.4 is 9.47 Å². The molecule has 6 rings (SSSR count). The zero-order chi connectivity index (χ0) is 30.1. The van der Waals surface area contributed by atoms with E-state index in [0.717, 1.165) is 12.1 Å². The lowest BCUT2D eigenvalue weighted by atomic mass is 10.2. The summed E-state index contributed by atoms with van der Waals surface area (Å²) < 4.78 is 87.1. The number of nitrogens with one attached hydrogen (secondary N) is 2. The third-order valence-electron chi connectivity index (χ3n) is 5.71. The molecule has 0 amide bonds.